The van der Waals surface area contributed by atoms with E-state index in [-0.39, 0.29) is 6.61 Å². The van der Waals surface area contributed by atoms with Crippen molar-refractivity contribution in [2.45, 2.75) is 18.6 Å². The first kappa shape index (κ1) is 7.65. The van der Waals surface area contributed by atoms with Gasteiger partial charge in [0.15, 0.2) is 5.78 Å². The quantitative estimate of drug-likeness (QED) is 0.482. The summed E-state index contributed by atoms with van der Waals surface area (Å²) in [5.41, 5.74) is 0. The van der Waals surface area contributed by atoms with Crippen molar-refractivity contribution in [2.75, 3.05) is 13.2 Å². The molecule has 0 saturated carbocycles. The van der Waals surface area contributed by atoms with Gasteiger partial charge in [0, 0.05) is 6.42 Å². The first-order valence-electron chi connectivity index (χ1n) is 3.20. The summed E-state index contributed by atoms with van der Waals surface area (Å²) >= 11 is 0. The fourth-order valence-electron chi connectivity index (χ4n) is 0.904. The molecule has 1 heterocycles. The molecule has 1 rings (SSSR count). The number of hydrogen-bond donors (Lipinski definition) is 2. The molecule has 0 bridgehead atoms. The second-order valence-corrected chi connectivity index (χ2v) is 2.25. The lowest BCUT2D eigenvalue weighted by atomic mass is 10.1. The molecule has 0 aliphatic carbocycles. The third-order valence-electron chi connectivity index (χ3n) is 1.52. The van der Waals surface area contributed by atoms with E-state index < -0.39 is 18.0 Å². The maximum atomic E-state index is 10.8. The molecule has 0 aromatic carbocycles. The van der Waals surface area contributed by atoms with Crippen LogP contribution in [0.2, 0.25) is 0 Å². The highest BCUT2D eigenvalue weighted by molar-refractivity contribution is 5.87. The fourth-order valence-corrected chi connectivity index (χ4v) is 0.904. The summed E-state index contributed by atoms with van der Waals surface area (Å²) in [6.07, 6.45) is -1.40. The predicted molar refractivity (Wildman–Crippen MR) is 32.5 cm³/mol. The van der Waals surface area contributed by atoms with Crippen LogP contribution in [0.25, 0.3) is 0 Å². The highest BCUT2D eigenvalue weighted by Crippen LogP contribution is 2.08. The highest BCUT2D eigenvalue weighted by Gasteiger charge is 2.29. The zero-order valence-corrected chi connectivity index (χ0v) is 5.49. The molecule has 1 saturated heterocycles. The first-order chi connectivity index (χ1) is 4.75. The Kier molecular flexibility index (Phi) is 2.37. The number of Topliss-reactive ketones (excluding diaryl/α,β-unsaturated/α-hetero) is 1. The predicted octanol–water partition coefficient (Wildman–Crippen LogP) is -1.30. The van der Waals surface area contributed by atoms with Crippen molar-refractivity contribution in [3.8, 4) is 0 Å². The molecular formula is C6H10O4. The van der Waals surface area contributed by atoms with Gasteiger partial charge in [-0.1, -0.05) is 0 Å². The van der Waals surface area contributed by atoms with Gasteiger partial charge >= 0.3 is 0 Å². The van der Waals surface area contributed by atoms with Crippen molar-refractivity contribution in [1.29, 1.82) is 0 Å². The molecule has 0 spiro atoms. The van der Waals surface area contributed by atoms with Crippen LogP contribution < -0.4 is 0 Å². The number of rotatable bonds is 1. The van der Waals surface area contributed by atoms with E-state index in [2.05, 4.69) is 0 Å². The lowest BCUT2D eigenvalue weighted by molar-refractivity contribution is -0.150. The Balaban J connectivity index is 2.51. The van der Waals surface area contributed by atoms with Crippen LogP contribution in [0, 0.1) is 0 Å². The normalized spacial score (nSPS) is 34.4. The molecule has 58 valence electrons. The SMILES string of the molecule is O=C1C(O)CCO[C@@H]1CO. The van der Waals surface area contributed by atoms with E-state index in [1.54, 1.807) is 0 Å². The van der Waals surface area contributed by atoms with Crippen molar-refractivity contribution in [3.05, 3.63) is 0 Å². The van der Waals surface area contributed by atoms with Crippen molar-refractivity contribution in [2.24, 2.45) is 0 Å². The molecule has 1 fully saturated rings. The molecule has 1 aliphatic heterocycles. The maximum absolute atomic E-state index is 10.8. The molecule has 0 aromatic heterocycles. The van der Waals surface area contributed by atoms with Gasteiger partial charge in [0.1, 0.15) is 12.2 Å². The van der Waals surface area contributed by atoms with Crippen LogP contribution in [0.15, 0.2) is 0 Å². The average molecular weight is 146 g/mol. The van der Waals surface area contributed by atoms with Crippen molar-refractivity contribution < 1.29 is 19.7 Å². The molecule has 0 radical (unpaired) electrons. The summed E-state index contributed by atoms with van der Waals surface area (Å²) in [6, 6.07) is 0. The number of ether oxygens (including phenoxy) is 1. The molecule has 10 heavy (non-hydrogen) atoms. The number of aliphatic hydroxyl groups excluding tert-OH is 2. The lowest BCUT2D eigenvalue weighted by Crippen LogP contribution is -2.42. The van der Waals surface area contributed by atoms with Crippen LogP contribution in [0.4, 0.5) is 0 Å². The zero-order valence-electron chi connectivity index (χ0n) is 5.49. The monoisotopic (exact) mass is 146 g/mol. The van der Waals surface area contributed by atoms with E-state index in [9.17, 15) is 4.79 Å². The van der Waals surface area contributed by atoms with E-state index in [4.69, 9.17) is 14.9 Å². The van der Waals surface area contributed by atoms with Gasteiger partial charge in [0.2, 0.25) is 0 Å². The molecule has 4 heteroatoms. The van der Waals surface area contributed by atoms with Gasteiger partial charge in [-0.15, -0.1) is 0 Å². The molecule has 1 unspecified atom stereocenters. The van der Waals surface area contributed by atoms with Crippen molar-refractivity contribution >= 4 is 5.78 Å². The van der Waals surface area contributed by atoms with Gasteiger partial charge in [-0.3, -0.25) is 4.79 Å². The number of carbonyl (C=O) groups excluding carboxylic acids is 1. The summed E-state index contributed by atoms with van der Waals surface area (Å²) in [5.74, 6) is -0.409. The van der Waals surface area contributed by atoms with E-state index in [0.29, 0.717) is 13.0 Å². The molecule has 2 atom stereocenters. The summed E-state index contributed by atoms with van der Waals surface area (Å²) in [7, 11) is 0. The minimum Gasteiger partial charge on any atom is -0.393 e. The maximum Gasteiger partial charge on any atom is 0.192 e. The van der Waals surface area contributed by atoms with Gasteiger partial charge in [0.05, 0.1) is 13.2 Å². The lowest BCUT2D eigenvalue weighted by Gasteiger charge is -2.23. The Morgan fingerprint density at radius 2 is 2.40 bits per heavy atom. The van der Waals surface area contributed by atoms with Gasteiger partial charge in [0.25, 0.3) is 0 Å². The Hall–Kier alpha value is -0.450. The summed E-state index contributed by atoms with van der Waals surface area (Å²) in [6.45, 7) is 0.00796. The largest absolute Gasteiger partial charge is 0.393 e. The molecule has 4 nitrogen and oxygen atoms in total. The van der Waals surface area contributed by atoms with Crippen LogP contribution in [0.1, 0.15) is 6.42 Å². The Labute approximate surface area is 58.4 Å². The molecular weight excluding hydrogens is 136 g/mol. The third kappa shape index (κ3) is 1.34. The smallest absolute Gasteiger partial charge is 0.192 e. The van der Waals surface area contributed by atoms with Crippen LogP contribution in [-0.4, -0.2) is 41.4 Å². The van der Waals surface area contributed by atoms with Gasteiger partial charge in [-0.25, -0.2) is 0 Å². The number of carbonyl (C=O) groups is 1. The Morgan fingerprint density at radius 3 is 2.90 bits per heavy atom. The van der Waals surface area contributed by atoms with Crippen LogP contribution in [0.5, 0.6) is 0 Å². The van der Waals surface area contributed by atoms with Crippen molar-refractivity contribution in [3.63, 3.8) is 0 Å². The number of ketones is 1. The Morgan fingerprint density at radius 1 is 1.70 bits per heavy atom. The van der Waals surface area contributed by atoms with Crippen LogP contribution >= 0.6 is 0 Å². The Bertz CT molecular complexity index is 134. The van der Waals surface area contributed by atoms with Crippen molar-refractivity contribution in [1.82, 2.24) is 0 Å². The standard InChI is InChI=1S/C6H10O4/c7-3-5-6(9)4(8)1-2-10-5/h4-5,7-8H,1-3H2/t4?,5-/m1/s1. The minimum absolute atomic E-state index is 0.337. The number of aliphatic hydroxyl groups is 2. The minimum atomic E-state index is -0.939. The van der Waals surface area contributed by atoms with E-state index in [1.807, 2.05) is 0 Å². The molecule has 0 amide bonds. The molecule has 2 N–H and O–H groups in total. The zero-order chi connectivity index (χ0) is 7.56. The molecule has 1 aliphatic rings. The topological polar surface area (TPSA) is 66.8 Å². The average Bonchev–Trinajstić information content (AvgIpc) is 1.95. The van der Waals surface area contributed by atoms with E-state index in [0.717, 1.165) is 0 Å². The molecule has 0 aromatic rings. The van der Waals surface area contributed by atoms with Crippen LogP contribution in [0.3, 0.4) is 0 Å². The highest BCUT2D eigenvalue weighted by atomic mass is 16.5. The first-order valence-corrected chi connectivity index (χ1v) is 3.20. The van der Waals surface area contributed by atoms with Gasteiger partial charge in [-0.2, -0.15) is 0 Å². The van der Waals surface area contributed by atoms with E-state index in [1.165, 1.54) is 0 Å². The van der Waals surface area contributed by atoms with Gasteiger partial charge < -0.3 is 14.9 Å². The fraction of sp³-hybridized carbons (Fsp3) is 0.833. The second-order valence-electron chi connectivity index (χ2n) is 2.25. The van der Waals surface area contributed by atoms with Crippen LogP contribution in [-0.2, 0) is 9.53 Å². The van der Waals surface area contributed by atoms with E-state index >= 15 is 0 Å². The second kappa shape index (κ2) is 3.09. The summed E-state index contributed by atoms with van der Waals surface area (Å²) < 4.78 is 4.85. The summed E-state index contributed by atoms with van der Waals surface area (Å²) in [4.78, 5) is 10.8. The summed E-state index contributed by atoms with van der Waals surface area (Å²) in [5, 5.41) is 17.5. The van der Waals surface area contributed by atoms with Gasteiger partial charge in [-0.05, 0) is 0 Å². The third-order valence-corrected chi connectivity index (χ3v) is 1.52. The number of hydrogen-bond acceptors (Lipinski definition) is 4.